The van der Waals surface area contributed by atoms with Crippen molar-refractivity contribution in [2.24, 2.45) is 4.99 Å². The number of carbonyl (C=O) groups excluding carboxylic acids is 1. The Bertz CT molecular complexity index is 1210. The topological polar surface area (TPSA) is 90.9 Å². The van der Waals surface area contributed by atoms with E-state index < -0.39 is 16.1 Å². The third-order valence-electron chi connectivity index (χ3n) is 4.86. The zero-order chi connectivity index (χ0) is 21.8. The molecule has 3 aromatic carbocycles. The van der Waals surface area contributed by atoms with Crippen molar-refractivity contribution in [3.8, 4) is 0 Å². The molecule has 1 amide bonds. The van der Waals surface area contributed by atoms with Crippen molar-refractivity contribution >= 4 is 27.5 Å². The Kier molecular flexibility index (Phi) is 5.73. The van der Waals surface area contributed by atoms with Crippen molar-refractivity contribution in [2.75, 3.05) is 5.01 Å². The van der Waals surface area contributed by atoms with Crippen molar-refractivity contribution in [3.05, 3.63) is 96.1 Å². The molecule has 0 unspecified atom stereocenters. The van der Waals surface area contributed by atoms with E-state index in [1.54, 1.807) is 30.1 Å². The molecule has 1 aliphatic rings. The number of hydrogen-bond donors (Lipinski definition) is 2. The molecule has 0 aromatic heterocycles. The van der Waals surface area contributed by atoms with E-state index in [1.807, 2.05) is 60.7 Å². The van der Waals surface area contributed by atoms with Crippen LogP contribution in [0, 0.1) is 0 Å². The molecule has 0 saturated heterocycles. The first-order valence-corrected chi connectivity index (χ1v) is 11.3. The summed E-state index contributed by atoms with van der Waals surface area (Å²) in [6.07, 6.45) is 0. The molecule has 158 valence electrons. The Hall–Kier alpha value is -3.65. The first-order valence-electron chi connectivity index (χ1n) is 9.81. The minimum absolute atomic E-state index is 0.163. The molecule has 0 radical (unpaired) electrons. The average molecular weight is 435 g/mol. The highest BCUT2D eigenvalue weighted by Crippen LogP contribution is 2.22. The third-order valence-corrected chi connectivity index (χ3v) is 6.26. The van der Waals surface area contributed by atoms with Gasteiger partial charge in [-0.05, 0) is 36.8 Å². The van der Waals surface area contributed by atoms with Gasteiger partial charge < -0.3 is 0 Å². The molecule has 7 nitrogen and oxygen atoms in total. The summed E-state index contributed by atoms with van der Waals surface area (Å²) in [4.78, 5) is 17.5. The van der Waals surface area contributed by atoms with Crippen molar-refractivity contribution in [1.29, 1.82) is 0 Å². The van der Waals surface area contributed by atoms with E-state index in [4.69, 9.17) is 0 Å². The van der Waals surface area contributed by atoms with Gasteiger partial charge in [0.15, 0.2) is 0 Å². The average Bonchev–Trinajstić information content (AvgIpc) is 3.04. The summed E-state index contributed by atoms with van der Waals surface area (Å²) in [6.45, 7) is 2.10. The molecule has 2 N–H and O–H groups in total. The number of fused-ring (bicyclic) bond motifs is 1. The lowest BCUT2D eigenvalue weighted by Gasteiger charge is -2.26. The molecular weight excluding hydrogens is 412 g/mol. The number of sulfonamides is 1. The van der Waals surface area contributed by atoms with Crippen molar-refractivity contribution in [3.63, 3.8) is 0 Å². The maximum Gasteiger partial charge on any atom is 0.263 e. The first kappa shape index (κ1) is 20.6. The fourth-order valence-corrected chi connectivity index (χ4v) is 4.52. The number of nitrogens with zero attached hydrogens (tertiary/aromatic N) is 2. The second-order valence-electron chi connectivity index (χ2n) is 7.14. The standard InChI is InChI=1S/C23H22N4O3S/c1-17(24-22-20-14-8-9-15-21(20)31(29,30)26-22)23(28)25-27(19-12-6-3-7-13-19)16-18-10-4-2-5-11-18/h2-15,17H,16H2,1H3,(H,24,26)(H,25,28)/t17-/m0/s1. The van der Waals surface area contributed by atoms with E-state index in [-0.39, 0.29) is 16.6 Å². The molecule has 0 saturated carbocycles. The molecule has 0 aliphatic carbocycles. The van der Waals surface area contributed by atoms with Gasteiger partial charge in [-0.3, -0.25) is 24.9 Å². The summed E-state index contributed by atoms with van der Waals surface area (Å²) in [6, 6.07) is 25.1. The number of benzene rings is 3. The van der Waals surface area contributed by atoms with Gasteiger partial charge in [0, 0.05) is 5.56 Å². The SMILES string of the molecule is C[C@H](N=C1NS(=O)(=O)c2ccccc21)C(=O)NN(Cc1ccccc1)c1ccccc1. The number of amides is 1. The van der Waals surface area contributed by atoms with Gasteiger partial charge in [-0.15, -0.1) is 0 Å². The zero-order valence-corrected chi connectivity index (χ0v) is 17.7. The zero-order valence-electron chi connectivity index (χ0n) is 16.9. The maximum atomic E-state index is 12.9. The molecule has 4 rings (SSSR count). The normalized spacial score (nSPS) is 16.2. The second kappa shape index (κ2) is 8.61. The lowest BCUT2D eigenvalue weighted by molar-refractivity contribution is -0.122. The molecule has 1 aliphatic heterocycles. The van der Waals surface area contributed by atoms with Crippen LogP contribution in [0.15, 0.2) is 94.8 Å². The van der Waals surface area contributed by atoms with E-state index in [0.29, 0.717) is 12.1 Å². The molecular formula is C23H22N4O3S. The molecule has 1 heterocycles. The van der Waals surface area contributed by atoms with E-state index in [0.717, 1.165) is 11.3 Å². The van der Waals surface area contributed by atoms with Crippen LogP contribution in [0.2, 0.25) is 0 Å². The minimum Gasteiger partial charge on any atom is -0.281 e. The number of hydrogen-bond acceptors (Lipinski definition) is 5. The smallest absolute Gasteiger partial charge is 0.263 e. The van der Waals surface area contributed by atoms with Crippen molar-refractivity contribution in [2.45, 2.75) is 24.4 Å². The molecule has 31 heavy (non-hydrogen) atoms. The molecule has 0 fully saturated rings. The molecule has 3 aromatic rings. The highest BCUT2D eigenvalue weighted by atomic mass is 32.2. The number of hydrazine groups is 1. The van der Waals surface area contributed by atoms with Gasteiger partial charge in [0.25, 0.3) is 15.9 Å². The van der Waals surface area contributed by atoms with Gasteiger partial charge in [-0.25, -0.2) is 8.42 Å². The van der Waals surface area contributed by atoms with Crippen LogP contribution >= 0.6 is 0 Å². The van der Waals surface area contributed by atoms with Crippen LogP contribution in [0.3, 0.4) is 0 Å². The van der Waals surface area contributed by atoms with Crippen LogP contribution in [0.4, 0.5) is 5.69 Å². The Labute approximate surface area is 181 Å². The highest BCUT2D eigenvalue weighted by Gasteiger charge is 2.31. The number of nitrogens with one attached hydrogen (secondary N) is 2. The van der Waals surface area contributed by atoms with Gasteiger partial charge in [0.05, 0.1) is 17.1 Å². The van der Waals surface area contributed by atoms with Gasteiger partial charge in [0.1, 0.15) is 11.9 Å². The van der Waals surface area contributed by atoms with Gasteiger partial charge >= 0.3 is 0 Å². The number of anilines is 1. The number of amidine groups is 1. The van der Waals surface area contributed by atoms with Crippen LogP contribution in [0.5, 0.6) is 0 Å². The number of aliphatic imine (C=N–C) groups is 1. The van der Waals surface area contributed by atoms with Crippen molar-refractivity contribution < 1.29 is 13.2 Å². The summed E-state index contributed by atoms with van der Waals surface area (Å²) in [7, 11) is -3.66. The Morgan fingerprint density at radius 3 is 2.29 bits per heavy atom. The van der Waals surface area contributed by atoms with E-state index in [1.165, 1.54) is 6.07 Å². The lowest BCUT2D eigenvalue weighted by Crippen LogP contribution is -2.46. The van der Waals surface area contributed by atoms with Crippen LogP contribution in [0.25, 0.3) is 0 Å². The van der Waals surface area contributed by atoms with E-state index in [2.05, 4.69) is 15.1 Å². The Morgan fingerprint density at radius 1 is 0.968 bits per heavy atom. The summed E-state index contributed by atoms with van der Waals surface area (Å²) in [5.41, 5.74) is 5.23. The lowest BCUT2D eigenvalue weighted by atomic mass is 10.2. The summed E-state index contributed by atoms with van der Waals surface area (Å²) >= 11 is 0. The van der Waals surface area contributed by atoms with Crippen LogP contribution < -0.4 is 15.2 Å². The molecule has 0 spiro atoms. The summed E-state index contributed by atoms with van der Waals surface area (Å²) in [5, 5.41) is 1.75. The molecule has 0 bridgehead atoms. The predicted molar refractivity (Wildman–Crippen MR) is 120 cm³/mol. The van der Waals surface area contributed by atoms with Gasteiger partial charge in [-0.2, -0.15) is 0 Å². The number of para-hydroxylation sites is 1. The van der Waals surface area contributed by atoms with Crippen LogP contribution in [0.1, 0.15) is 18.1 Å². The van der Waals surface area contributed by atoms with Crippen molar-refractivity contribution in [1.82, 2.24) is 10.1 Å². The third kappa shape index (κ3) is 4.59. The summed E-state index contributed by atoms with van der Waals surface area (Å²) < 4.78 is 27.0. The monoisotopic (exact) mass is 434 g/mol. The quantitative estimate of drug-likeness (QED) is 0.584. The van der Waals surface area contributed by atoms with Gasteiger partial charge in [0.2, 0.25) is 0 Å². The Morgan fingerprint density at radius 2 is 1.58 bits per heavy atom. The first-order chi connectivity index (χ1) is 14.9. The predicted octanol–water partition coefficient (Wildman–Crippen LogP) is 2.85. The van der Waals surface area contributed by atoms with E-state index in [9.17, 15) is 13.2 Å². The number of rotatable bonds is 6. The maximum absolute atomic E-state index is 12.9. The van der Waals surface area contributed by atoms with E-state index >= 15 is 0 Å². The molecule has 1 atom stereocenters. The minimum atomic E-state index is -3.66. The fourth-order valence-electron chi connectivity index (χ4n) is 3.28. The number of carbonyl (C=O) groups is 1. The fraction of sp³-hybridized carbons (Fsp3) is 0.130. The van der Waals surface area contributed by atoms with Crippen LogP contribution in [-0.4, -0.2) is 26.2 Å². The Balaban J connectivity index is 1.56. The summed E-state index contributed by atoms with van der Waals surface area (Å²) in [5.74, 6) is -0.177. The molecule has 8 heteroatoms. The van der Waals surface area contributed by atoms with Crippen LogP contribution in [-0.2, 0) is 21.4 Å². The largest absolute Gasteiger partial charge is 0.281 e. The highest BCUT2D eigenvalue weighted by molar-refractivity contribution is 7.90. The van der Waals surface area contributed by atoms with Gasteiger partial charge in [-0.1, -0.05) is 60.7 Å². The second-order valence-corrected chi connectivity index (χ2v) is 8.79.